The Morgan fingerprint density at radius 2 is 1.87 bits per heavy atom. The lowest BCUT2D eigenvalue weighted by molar-refractivity contribution is -0.115. The fraction of sp³-hybridized carbons (Fsp3) is 0.286. The normalized spacial score (nSPS) is 13.3. The van der Waals surface area contributed by atoms with Gasteiger partial charge in [0.05, 0.1) is 11.3 Å². The van der Waals surface area contributed by atoms with Crippen molar-refractivity contribution in [3.63, 3.8) is 0 Å². The Bertz CT molecular complexity index is 1020. The van der Waals surface area contributed by atoms with Gasteiger partial charge in [0.2, 0.25) is 5.91 Å². The molecular formula is C21H23BrFN5OS. The number of hydrogen-bond acceptors (Lipinski definition) is 5. The molecule has 0 aliphatic heterocycles. The van der Waals surface area contributed by atoms with E-state index in [0.717, 1.165) is 10.2 Å². The van der Waals surface area contributed by atoms with E-state index in [1.807, 2.05) is 61.7 Å². The van der Waals surface area contributed by atoms with E-state index in [1.165, 1.54) is 23.9 Å². The van der Waals surface area contributed by atoms with Crippen molar-refractivity contribution in [2.75, 3.05) is 19.4 Å². The molecular weight excluding hydrogens is 469 g/mol. The molecule has 0 saturated heterocycles. The summed E-state index contributed by atoms with van der Waals surface area (Å²) in [5, 5.41) is 11.8. The maximum atomic E-state index is 13.5. The van der Waals surface area contributed by atoms with Crippen molar-refractivity contribution in [2.24, 2.45) is 0 Å². The average molecular weight is 492 g/mol. The summed E-state index contributed by atoms with van der Waals surface area (Å²) in [7, 11) is 3.91. The zero-order valence-corrected chi connectivity index (χ0v) is 19.5. The second-order valence-electron chi connectivity index (χ2n) is 7.05. The minimum Gasteiger partial charge on any atom is -0.325 e. The number of thioether (sulfide) groups is 1. The van der Waals surface area contributed by atoms with E-state index in [-0.39, 0.29) is 17.8 Å². The van der Waals surface area contributed by atoms with E-state index in [2.05, 4.69) is 31.4 Å². The first-order valence-corrected chi connectivity index (χ1v) is 11.0. The highest BCUT2D eigenvalue weighted by atomic mass is 79.9. The number of rotatable bonds is 7. The summed E-state index contributed by atoms with van der Waals surface area (Å²) in [5.74, 6) is 0.257. The zero-order valence-electron chi connectivity index (χ0n) is 17.1. The molecule has 0 aliphatic rings. The van der Waals surface area contributed by atoms with E-state index in [0.29, 0.717) is 16.7 Å². The molecule has 0 saturated carbocycles. The smallest absolute Gasteiger partial charge is 0.237 e. The fourth-order valence-corrected chi connectivity index (χ4v) is 3.99. The summed E-state index contributed by atoms with van der Waals surface area (Å²) >= 11 is 4.71. The minimum absolute atomic E-state index is 0.0253. The second-order valence-corrected chi connectivity index (χ2v) is 9.28. The highest BCUT2D eigenvalue weighted by Gasteiger charge is 2.24. The molecule has 0 radical (unpaired) electrons. The minimum atomic E-state index is -0.421. The summed E-state index contributed by atoms with van der Waals surface area (Å²) in [5.41, 5.74) is 1.45. The van der Waals surface area contributed by atoms with Gasteiger partial charge in [-0.25, -0.2) is 4.39 Å². The van der Waals surface area contributed by atoms with Crippen LogP contribution in [0.25, 0.3) is 5.69 Å². The molecule has 0 spiro atoms. The van der Waals surface area contributed by atoms with Crippen molar-refractivity contribution in [1.82, 2.24) is 19.7 Å². The Hall–Kier alpha value is -2.23. The standard InChI is InChI=1S/C21H23BrFN5OS/c1-13(27(3)4)19-25-26-21(28(19)18-10-8-16(23)9-11-18)30-14(2)20(29)24-17-7-5-6-15(22)12-17/h5-14H,1-4H3,(H,24,29). The van der Waals surface area contributed by atoms with E-state index < -0.39 is 5.25 Å². The number of carbonyl (C=O) groups is 1. The lowest BCUT2D eigenvalue weighted by Crippen LogP contribution is -2.23. The van der Waals surface area contributed by atoms with Crippen LogP contribution in [0.4, 0.5) is 10.1 Å². The average Bonchev–Trinajstić information content (AvgIpc) is 3.11. The molecule has 1 N–H and O–H groups in total. The Labute approximate surface area is 188 Å². The van der Waals surface area contributed by atoms with Gasteiger partial charge in [0.25, 0.3) is 0 Å². The molecule has 3 aromatic rings. The first kappa shape index (κ1) is 22.5. The molecule has 3 rings (SSSR count). The topological polar surface area (TPSA) is 63.1 Å². The molecule has 0 fully saturated rings. The quantitative estimate of drug-likeness (QED) is 0.475. The van der Waals surface area contributed by atoms with Gasteiger partial charge in [-0.15, -0.1) is 10.2 Å². The van der Waals surface area contributed by atoms with Crippen LogP contribution in [0.5, 0.6) is 0 Å². The van der Waals surface area contributed by atoms with Gasteiger partial charge in [-0.1, -0.05) is 33.8 Å². The van der Waals surface area contributed by atoms with Gasteiger partial charge in [-0.3, -0.25) is 14.3 Å². The van der Waals surface area contributed by atoms with Gasteiger partial charge in [-0.2, -0.15) is 0 Å². The molecule has 9 heteroatoms. The molecule has 6 nitrogen and oxygen atoms in total. The first-order valence-electron chi connectivity index (χ1n) is 9.37. The largest absolute Gasteiger partial charge is 0.325 e. The van der Waals surface area contributed by atoms with Crippen LogP contribution < -0.4 is 5.32 Å². The van der Waals surface area contributed by atoms with Gasteiger partial charge < -0.3 is 5.32 Å². The van der Waals surface area contributed by atoms with Gasteiger partial charge >= 0.3 is 0 Å². The number of carbonyl (C=O) groups excluding carboxylic acids is 1. The fourth-order valence-electron chi connectivity index (χ4n) is 2.71. The predicted octanol–water partition coefficient (Wildman–Crippen LogP) is 4.91. The maximum Gasteiger partial charge on any atom is 0.237 e. The molecule has 1 amide bonds. The Morgan fingerprint density at radius 3 is 2.50 bits per heavy atom. The van der Waals surface area contributed by atoms with Gasteiger partial charge in [-0.05, 0) is 70.4 Å². The highest BCUT2D eigenvalue weighted by molar-refractivity contribution is 9.10. The number of nitrogens with one attached hydrogen (secondary N) is 1. The number of hydrogen-bond donors (Lipinski definition) is 1. The van der Waals surface area contributed by atoms with Crippen LogP contribution in [0.2, 0.25) is 0 Å². The summed E-state index contributed by atoms with van der Waals surface area (Å²) < 4.78 is 16.2. The van der Waals surface area contributed by atoms with E-state index in [9.17, 15) is 9.18 Å². The third-order valence-corrected chi connectivity index (χ3v) is 6.17. The Kier molecular flexibility index (Phi) is 7.27. The molecule has 2 unspecified atom stereocenters. The highest BCUT2D eigenvalue weighted by Crippen LogP contribution is 2.30. The number of amides is 1. The van der Waals surface area contributed by atoms with Crippen molar-refractivity contribution >= 4 is 39.3 Å². The van der Waals surface area contributed by atoms with Crippen LogP contribution in [-0.4, -0.2) is 44.9 Å². The lowest BCUT2D eigenvalue weighted by Gasteiger charge is -2.21. The summed E-state index contributed by atoms with van der Waals surface area (Å²) in [4.78, 5) is 14.7. The van der Waals surface area contributed by atoms with E-state index in [4.69, 9.17) is 0 Å². The van der Waals surface area contributed by atoms with Crippen LogP contribution in [0.15, 0.2) is 58.2 Å². The van der Waals surface area contributed by atoms with Gasteiger partial charge in [0.1, 0.15) is 5.82 Å². The van der Waals surface area contributed by atoms with Crippen LogP contribution in [-0.2, 0) is 4.79 Å². The maximum absolute atomic E-state index is 13.5. The van der Waals surface area contributed by atoms with Crippen LogP contribution in [0.1, 0.15) is 25.7 Å². The van der Waals surface area contributed by atoms with Crippen molar-refractivity contribution in [3.05, 3.63) is 64.6 Å². The summed E-state index contributed by atoms with van der Waals surface area (Å²) in [6, 6.07) is 13.6. The Balaban J connectivity index is 1.87. The number of benzene rings is 2. The number of nitrogens with zero attached hydrogens (tertiary/aromatic N) is 4. The predicted molar refractivity (Wildman–Crippen MR) is 122 cm³/mol. The lowest BCUT2D eigenvalue weighted by atomic mass is 10.2. The molecule has 30 heavy (non-hydrogen) atoms. The van der Waals surface area contributed by atoms with Crippen molar-refractivity contribution in [1.29, 1.82) is 0 Å². The number of anilines is 1. The molecule has 2 atom stereocenters. The van der Waals surface area contributed by atoms with Crippen LogP contribution in [0, 0.1) is 5.82 Å². The first-order chi connectivity index (χ1) is 14.3. The number of aromatic nitrogens is 3. The molecule has 1 heterocycles. The SMILES string of the molecule is CC(Sc1nnc(C(C)N(C)C)n1-c1ccc(F)cc1)C(=O)Nc1cccc(Br)c1. The summed E-state index contributed by atoms with van der Waals surface area (Å²) in [6.07, 6.45) is 0. The van der Waals surface area contributed by atoms with Gasteiger partial charge in [0.15, 0.2) is 11.0 Å². The Morgan fingerprint density at radius 1 is 1.17 bits per heavy atom. The van der Waals surface area contributed by atoms with E-state index in [1.54, 1.807) is 12.1 Å². The second kappa shape index (κ2) is 9.72. The van der Waals surface area contributed by atoms with Crippen LogP contribution >= 0.6 is 27.7 Å². The van der Waals surface area contributed by atoms with E-state index >= 15 is 0 Å². The summed E-state index contributed by atoms with van der Waals surface area (Å²) in [6.45, 7) is 3.83. The van der Waals surface area contributed by atoms with Crippen molar-refractivity contribution < 1.29 is 9.18 Å². The molecule has 2 aromatic carbocycles. The molecule has 1 aromatic heterocycles. The van der Waals surface area contributed by atoms with Crippen LogP contribution in [0.3, 0.4) is 0 Å². The molecule has 158 valence electrons. The third-order valence-electron chi connectivity index (χ3n) is 4.64. The van der Waals surface area contributed by atoms with Crippen molar-refractivity contribution in [2.45, 2.75) is 30.3 Å². The number of halogens is 2. The molecule has 0 bridgehead atoms. The van der Waals surface area contributed by atoms with Crippen molar-refractivity contribution in [3.8, 4) is 5.69 Å². The molecule has 0 aliphatic carbocycles. The zero-order chi connectivity index (χ0) is 21.8. The van der Waals surface area contributed by atoms with Gasteiger partial charge in [0, 0.05) is 15.8 Å². The third kappa shape index (κ3) is 5.27. The monoisotopic (exact) mass is 491 g/mol.